The third-order valence-corrected chi connectivity index (χ3v) is 4.66. The number of carbonyl (C=O) groups is 2. The maximum atomic E-state index is 13.1. The average molecular weight is 415 g/mol. The van der Waals surface area contributed by atoms with E-state index in [2.05, 4.69) is 5.32 Å². The summed E-state index contributed by atoms with van der Waals surface area (Å²) in [6, 6.07) is 12.6. The number of carbonyl (C=O) groups excluding carboxylic acids is 2. The van der Waals surface area contributed by atoms with E-state index in [4.69, 9.17) is 4.74 Å². The third kappa shape index (κ3) is 6.87. The summed E-state index contributed by atoms with van der Waals surface area (Å²) >= 11 is 0. The van der Waals surface area contributed by atoms with Crippen molar-refractivity contribution < 1.29 is 18.7 Å². The van der Waals surface area contributed by atoms with Crippen LogP contribution in [0.1, 0.15) is 45.2 Å². The van der Waals surface area contributed by atoms with Crippen molar-refractivity contribution in [3.05, 3.63) is 65.5 Å². The first-order valence-corrected chi connectivity index (χ1v) is 10.1. The molecule has 0 aromatic heterocycles. The van der Waals surface area contributed by atoms with E-state index in [1.807, 2.05) is 58.9 Å². The Morgan fingerprint density at radius 3 is 2.30 bits per heavy atom. The fraction of sp³-hybridized carbons (Fsp3) is 0.417. The Labute approximate surface area is 178 Å². The molecule has 1 N–H and O–H groups in total. The van der Waals surface area contributed by atoms with E-state index >= 15 is 0 Å². The number of hydrogen-bond donors (Lipinski definition) is 1. The second-order valence-electron chi connectivity index (χ2n) is 8.35. The molecule has 0 fully saturated rings. The molecule has 0 spiro atoms. The summed E-state index contributed by atoms with van der Waals surface area (Å²) in [5.74, 6) is -0.486. The summed E-state index contributed by atoms with van der Waals surface area (Å²) < 4.78 is 18.7. The van der Waals surface area contributed by atoms with Gasteiger partial charge in [0.25, 0.3) is 5.91 Å². The van der Waals surface area contributed by atoms with Crippen LogP contribution < -0.4 is 10.1 Å². The molecule has 6 heteroatoms. The van der Waals surface area contributed by atoms with E-state index in [0.717, 1.165) is 11.1 Å². The Balaban J connectivity index is 2.24. The highest BCUT2D eigenvalue weighted by atomic mass is 19.1. The molecule has 0 bridgehead atoms. The van der Waals surface area contributed by atoms with Crippen LogP contribution >= 0.6 is 0 Å². The number of benzene rings is 2. The molecule has 1 unspecified atom stereocenters. The van der Waals surface area contributed by atoms with Crippen molar-refractivity contribution in [2.75, 3.05) is 6.61 Å². The summed E-state index contributed by atoms with van der Waals surface area (Å²) in [6.45, 7) is 9.63. The average Bonchev–Trinajstić information content (AvgIpc) is 2.67. The predicted octanol–water partition coefficient (Wildman–Crippen LogP) is 4.24. The lowest BCUT2D eigenvalue weighted by Crippen LogP contribution is -2.54. The standard InChI is InChI=1S/C24H31FN2O3/c1-6-21(23(29)26-24(3,4)5)27(15-18-10-8-7-9-17(18)2)22(28)16-30-20-13-11-19(25)12-14-20/h7-14,21H,6,15-16H2,1-5H3,(H,26,29). The molecule has 2 amide bonds. The molecule has 30 heavy (non-hydrogen) atoms. The maximum absolute atomic E-state index is 13.1. The first-order valence-electron chi connectivity index (χ1n) is 10.1. The van der Waals surface area contributed by atoms with Crippen LogP contribution in [0.15, 0.2) is 48.5 Å². The van der Waals surface area contributed by atoms with E-state index in [0.29, 0.717) is 18.7 Å². The Morgan fingerprint density at radius 2 is 1.73 bits per heavy atom. The molecule has 2 rings (SSSR count). The number of ether oxygens (including phenoxy) is 1. The normalized spacial score (nSPS) is 12.2. The van der Waals surface area contributed by atoms with E-state index in [9.17, 15) is 14.0 Å². The van der Waals surface area contributed by atoms with E-state index in [1.54, 1.807) is 4.90 Å². The first kappa shape index (κ1) is 23.4. The zero-order valence-electron chi connectivity index (χ0n) is 18.4. The molecule has 0 heterocycles. The van der Waals surface area contributed by atoms with Crippen LogP contribution in [-0.4, -0.2) is 34.9 Å². The lowest BCUT2D eigenvalue weighted by atomic mass is 10.0. The number of nitrogens with one attached hydrogen (secondary N) is 1. The van der Waals surface area contributed by atoms with Crippen molar-refractivity contribution in [2.45, 2.75) is 59.2 Å². The van der Waals surface area contributed by atoms with Gasteiger partial charge in [0.1, 0.15) is 17.6 Å². The Morgan fingerprint density at radius 1 is 1.10 bits per heavy atom. The van der Waals surface area contributed by atoms with Gasteiger partial charge < -0.3 is 15.0 Å². The van der Waals surface area contributed by atoms with Crippen molar-refractivity contribution in [2.24, 2.45) is 0 Å². The molecule has 162 valence electrons. The second-order valence-corrected chi connectivity index (χ2v) is 8.35. The molecule has 0 saturated heterocycles. The smallest absolute Gasteiger partial charge is 0.261 e. The summed E-state index contributed by atoms with van der Waals surface area (Å²) in [6.07, 6.45) is 0.468. The molecule has 0 aliphatic heterocycles. The number of hydrogen-bond acceptors (Lipinski definition) is 3. The number of amides is 2. The Hall–Kier alpha value is -2.89. The van der Waals surface area contributed by atoms with Crippen LogP contribution in [0.2, 0.25) is 0 Å². The molecule has 0 radical (unpaired) electrons. The van der Waals surface area contributed by atoms with Crippen molar-refractivity contribution in [1.29, 1.82) is 0 Å². The van der Waals surface area contributed by atoms with E-state index in [-0.39, 0.29) is 24.2 Å². The second kappa shape index (κ2) is 10.2. The quantitative estimate of drug-likeness (QED) is 0.703. The minimum atomic E-state index is -0.631. The lowest BCUT2D eigenvalue weighted by Gasteiger charge is -2.33. The van der Waals surface area contributed by atoms with Gasteiger partial charge in [-0.15, -0.1) is 0 Å². The number of nitrogens with zero attached hydrogens (tertiary/aromatic N) is 1. The van der Waals surface area contributed by atoms with Gasteiger partial charge in [0.15, 0.2) is 6.61 Å². The minimum Gasteiger partial charge on any atom is -0.484 e. The van der Waals surface area contributed by atoms with Gasteiger partial charge in [-0.05, 0) is 69.5 Å². The van der Waals surface area contributed by atoms with Gasteiger partial charge >= 0.3 is 0 Å². The molecular weight excluding hydrogens is 383 g/mol. The van der Waals surface area contributed by atoms with Gasteiger partial charge in [0.05, 0.1) is 0 Å². The van der Waals surface area contributed by atoms with Crippen molar-refractivity contribution in [3.8, 4) is 5.75 Å². The zero-order chi connectivity index (χ0) is 22.3. The number of halogens is 1. The molecule has 0 aliphatic carbocycles. The monoisotopic (exact) mass is 414 g/mol. The molecule has 5 nitrogen and oxygen atoms in total. The highest BCUT2D eigenvalue weighted by Crippen LogP contribution is 2.17. The molecule has 2 aromatic rings. The van der Waals surface area contributed by atoms with Crippen LogP contribution in [0.3, 0.4) is 0 Å². The molecule has 1 atom stereocenters. The topological polar surface area (TPSA) is 58.6 Å². The van der Waals surface area contributed by atoms with Crippen molar-refractivity contribution in [1.82, 2.24) is 10.2 Å². The maximum Gasteiger partial charge on any atom is 0.261 e. The first-order chi connectivity index (χ1) is 14.1. The highest BCUT2D eigenvalue weighted by molar-refractivity contribution is 5.88. The fourth-order valence-corrected chi connectivity index (χ4v) is 3.10. The molecule has 0 aliphatic rings. The Bertz CT molecular complexity index is 859. The highest BCUT2D eigenvalue weighted by Gasteiger charge is 2.31. The van der Waals surface area contributed by atoms with Crippen LogP contribution in [0.25, 0.3) is 0 Å². The van der Waals surface area contributed by atoms with Gasteiger partial charge in [0.2, 0.25) is 5.91 Å². The van der Waals surface area contributed by atoms with Crippen LogP contribution in [-0.2, 0) is 16.1 Å². The summed E-state index contributed by atoms with van der Waals surface area (Å²) in [7, 11) is 0. The predicted molar refractivity (Wildman–Crippen MR) is 116 cm³/mol. The lowest BCUT2D eigenvalue weighted by molar-refractivity contribution is -0.143. The Kier molecular flexibility index (Phi) is 7.98. The summed E-state index contributed by atoms with van der Waals surface area (Å²) in [4.78, 5) is 27.6. The number of rotatable bonds is 8. The molecule has 2 aromatic carbocycles. The largest absolute Gasteiger partial charge is 0.484 e. The summed E-state index contributed by atoms with van der Waals surface area (Å²) in [5, 5.41) is 2.97. The molecular formula is C24H31FN2O3. The molecule has 0 saturated carbocycles. The van der Waals surface area contributed by atoms with Crippen LogP contribution in [0, 0.1) is 12.7 Å². The third-order valence-electron chi connectivity index (χ3n) is 4.66. The van der Waals surface area contributed by atoms with Crippen LogP contribution in [0.5, 0.6) is 5.75 Å². The van der Waals surface area contributed by atoms with E-state index < -0.39 is 11.6 Å². The zero-order valence-corrected chi connectivity index (χ0v) is 18.4. The van der Waals surface area contributed by atoms with Gasteiger partial charge in [-0.25, -0.2) is 4.39 Å². The van der Waals surface area contributed by atoms with Gasteiger partial charge in [-0.3, -0.25) is 9.59 Å². The SMILES string of the molecule is CCC(C(=O)NC(C)(C)C)N(Cc1ccccc1C)C(=O)COc1ccc(F)cc1. The van der Waals surface area contributed by atoms with E-state index in [1.165, 1.54) is 24.3 Å². The van der Waals surface area contributed by atoms with Crippen molar-refractivity contribution in [3.63, 3.8) is 0 Å². The van der Waals surface area contributed by atoms with Crippen molar-refractivity contribution >= 4 is 11.8 Å². The van der Waals surface area contributed by atoms with Gasteiger partial charge in [0, 0.05) is 12.1 Å². The van der Waals surface area contributed by atoms with Gasteiger partial charge in [-0.1, -0.05) is 31.2 Å². The van der Waals surface area contributed by atoms with Crippen LogP contribution in [0.4, 0.5) is 4.39 Å². The van der Waals surface area contributed by atoms with Gasteiger partial charge in [-0.2, -0.15) is 0 Å². The summed E-state index contributed by atoms with van der Waals surface area (Å²) in [5.41, 5.74) is 1.60. The fourth-order valence-electron chi connectivity index (χ4n) is 3.10. The number of aryl methyl sites for hydroxylation is 1. The minimum absolute atomic E-state index is 0.200.